The Morgan fingerprint density at radius 1 is 1.23 bits per heavy atom. The number of benzene rings is 2. The first kappa shape index (κ1) is 16.7. The second-order valence-electron chi connectivity index (χ2n) is 4.57. The maximum atomic E-state index is 11.7. The van der Waals surface area contributed by atoms with Crippen LogP contribution in [0.4, 0.5) is 0 Å². The van der Waals surface area contributed by atoms with Crippen molar-refractivity contribution in [2.24, 2.45) is 5.10 Å². The van der Waals surface area contributed by atoms with Crippen LogP contribution in [0.15, 0.2) is 56.5 Å². The summed E-state index contributed by atoms with van der Waals surface area (Å²) < 4.78 is 7.12. The first-order valence-corrected chi connectivity index (χ1v) is 8.09. The molecule has 0 spiro atoms. The Balaban J connectivity index is 1.81. The largest absolute Gasteiger partial charge is 0.483 e. The summed E-state index contributed by atoms with van der Waals surface area (Å²) in [6, 6.07) is 13.3. The third-order valence-electron chi connectivity index (χ3n) is 2.73. The molecular formula is C16H14Br2N2O2. The number of ether oxygens (including phenoxy) is 1. The van der Waals surface area contributed by atoms with Crippen LogP contribution < -0.4 is 10.2 Å². The molecule has 0 aliphatic heterocycles. The molecule has 0 aromatic heterocycles. The number of nitrogens with one attached hydrogen (secondary N) is 1. The number of aryl methyl sites for hydroxylation is 1. The monoisotopic (exact) mass is 424 g/mol. The molecule has 6 heteroatoms. The molecule has 0 atom stereocenters. The number of amides is 1. The average molecular weight is 426 g/mol. The van der Waals surface area contributed by atoms with Crippen LogP contribution in [0.5, 0.6) is 5.75 Å². The Morgan fingerprint density at radius 3 is 2.64 bits per heavy atom. The molecule has 0 radical (unpaired) electrons. The average Bonchev–Trinajstić information content (AvgIpc) is 2.48. The van der Waals surface area contributed by atoms with Gasteiger partial charge in [-0.25, -0.2) is 5.43 Å². The van der Waals surface area contributed by atoms with Crippen LogP contribution in [-0.2, 0) is 4.79 Å². The maximum absolute atomic E-state index is 11.7. The van der Waals surface area contributed by atoms with Crippen LogP contribution in [0.1, 0.15) is 11.1 Å². The number of hydrogen-bond acceptors (Lipinski definition) is 3. The molecule has 0 unspecified atom stereocenters. The van der Waals surface area contributed by atoms with Gasteiger partial charge in [0.2, 0.25) is 0 Å². The van der Waals surface area contributed by atoms with E-state index in [1.807, 2.05) is 43.3 Å². The van der Waals surface area contributed by atoms with Crippen LogP contribution >= 0.6 is 31.9 Å². The van der Waals surface area contributed by atoms with Gasteiger partial charge in [-0.1, -0.05) is 45.8 Å². The minimum atomic E-state index is -0.321. The van der Waals surface area contributed by atoms with E-state index in [9.17, 15) is 4.79 Å². The van der Waals surface area contributed by atoms with E-state index >= 15 is 0 Å². The highest BCUT2D eigenvalue weighted by Crippen LogP contribution is 2.27. The number of nitrogens with zero attached hydrogens (tertiary/aromatic N) is 1. The van der Waals surface area contributed by atoms with Gasteiger partial charge in [-0.3, -0.25) is 4.79 Å². The predicted octanol–water partition coefficient (Wildman–Crippen LogP) is 4.05. The Bertz CT molecular complexity index is 685. The summed E-state index contributed by atoms with van der Waals surface area (Å²) in [4.78, 5) is 11.7. The third kappa shape index (κ3) is 5.27. The summed E-state index contributed by atoms with van der Waals surface area (Å²) in [5, 5.41) is 3.90. The molecule has 1 amide bonds. The zero-order valence-corrected chi connectivity index (χ0v) is 15.0. The fraction of sp³-hybridized carbons (Fsp3) is 0.125. The van der Waals surface area contributed by atoms with Crippen LogP contribution in [0.2, 0.25) is 0 Å². The van der Waals surface area contributed by atoms with Gasteiger partial charge in [0, 0.05) is 4.47 Å². The van der Waals surface area contributed by atoms with Gasteiger partial charge < -0.3 is 4.74 Å². The molecule has 114 valence electrons. The Kier molecular flexibility index (Phi) is 6.15. The number of hydrazone groups is 1. The quantitative estimate of drug-likeness (QED) is 0.580. The van der Waals surface area contributed by atoms with Gasteiger partial charge in [-0.05, 0) is 46.6 Å². The molecule has 2 aromatic carbocycles. The molecule has 0 saturated carbocycles. The molecule has 2 rings (SSSR count). The number of rotatable bonds is 5. The van der Waals surface area contributed by atoms with Crippen molar-refractivity contribution >= 4 is 44.0 Å². The molecule has 2 aromatic rings. The van der Waals surface area contributed by atoms with Crippen molar-refractivity contribution in [1.82, 2.24) is 5.43 Å². The Hall–Kier alpha value is -1.66. The number of carbonyl (C=O) groups is 1. The Morgan fingerprint density at radius 2 is 1.95 bits per heavy atom. The smallest absolute Gasteiger partial charge is 0.277 e. The third-order valence-corrected chi connectivity index (χ3v) is 3.85. The van der Waals surface area contributed by atoms with Crippen LogP contribution in [0.25, 0.3) is 0 Å². The lowest BCUT2D eigenvalue weighted by atomic mass is 10.2. The molecule has 22 heavy (non-hydrogen) atoms. The van der Waals surface area contributed by atoms with Crippen LogP contribution in [0.3, 0.4) is 0 Å². The van der Waals surface area contributed by atoms with Crippen LogP contribution in [0, 0.1) is 6.92 Å². The van der Waals surface area contributed by atoms with Crippen molar-refractivity contribution in [2.45, 2.75) is 6.92 Å². The highest BCUT2D eigenvalue weighted by atomic mass is 79.9. The van der Waals surface area contributed by atoms with Gasteiger partial charge in [0.15, 0.2) is 6.61 Å². The van der Waals surface area contributed by atoms with Gasteiger partial charge in [-0.2, -0.15) is 5.10 Å². The second kappa shape index (κ2) is 8.10. The number of halogens is 2. The molecular weight excluding hydrogens is 412 g/mol. The molecule has 0 aliphatic rings. The van der Waals surface area contributed by atoms with Gasteiger partial charge in [0.1, 0.15) is 5.75 Å². The zero-order chi connectivity index (χ0) is 15.9. The van der Waals surface area contributed by atoms with E-state index in [2.05, 4.69) is 42.4 Å². The van der Waals surface area contributed by atoms with E-state index in [0.29, 0.717) is 5.75 Å². The number of carbonyl (C=O) groups excluding carboxylic acids is 1. The molecule has 0 aliphatic carbocycles. The summed E-state index contributed by atoms with van der Waals surface area (Å²) in [6.45, 7) is 1.91. The maximum Gasteiger partial charge on any atom is 0.277 e. The molecule has 0 heterocycles. The predicted molar refractivity (Wildman–Crippen MR) is 94.3 cm³/mol. The highest BCUT2D eigenvalue weighted by molar-refractivity contribution is 9.11. The molecule has 0 fully saturated rings. The van der Waals surface area contributed by atoms with Crippen molar-refractivity contribution < 1.29 is 9.53 Å². The van der Waals surface area contributed by atoms with E-state index in [-0.39, 0.29) is 12.5 Å². The lowest BCUT2D eigenvalue weighted by Gasteiger charge is -2.07. The minimum Gasteiger partial charge on any atom is -0.483 e. The second-order valence-corrected chi connectivity index (χ2v) is 6.34. The van der Waals surface area contributed by atoms with Crippen molar-refractivity contribution in [3.05, 3.63) is 62.5 Å². The first-order valence-electron chi connectivity index (χ1n) is 6.51. The van der Waals surface area contributed by atoms with E-state index in [4.69, 9.17) is 4.74 Å². The van der Waals surface area contributed by atoms with Crippen molar-refractivity contribution in [3.63, 3.8) is 0 Å². The minimum absolute atomic E-state index is 0.106. The molecule has 0 bridgehead atoms. The van der Waals surface area contributed by atoms with Crippen molar-refractivity contribution in [3.8, 4) is 5.75 Å². The highest BCUT2D eigenvalue weighted by Gasteiger charge is 2.05. The summed E-state index contributed by atoms with van der Waals surface area (Å²) in [7, 11) is 0. The van der Waals surface area contributed by atoms with E-state index < -0.39 is 0 Å². The van der Waals surface area contributed by atoms with Gasteiger partial charge in [0.25, 0.3) is 5.91 Å². The molecule has 0 saturated heterocycles. The number of hydrogen-bond donors (Lipinski definition) is 1. The lowest BCUT2D eigenvalue weighted by molar-refractivity contribution is -0.123. The van der Waals surface area contributed by atoms with Gasteiger partial charge >= 0.3 is 0 Å². The lowest BCUT2D eigenvalue weighted by Crippen LogP contribution is -2.24. The van der Waals surface area contributed by atoms with E-state index in [1.165, 1.54) is 5.56 Å². The fourth-order valence-electron chi connectivity index (χ4n) is 1.60. The first-order chi connectivity index (χ1) is 10.5. The van der Waals surface area contributed by atoms with E-state index in [0.717, 1.165) is 14.5 Å². The summed E-state index contributed by atoms with van der Waals surface area (Å²) in [5.74, 6) is 0.277. The summed E-state index contributed by atoms with van der Waals surface area (Å²) in [6.07, 6.45) is 1.59. The van der Waals surface area contributed by atoms with Crippen molar-refractivity contribution in [1.29, 1.82) is 0 Å². The van der Waals surface area contributed by atoms with Gasteiger partial charge in [0.05, 0.1) is 10.7 Å². The normalized spacial score (nSPS) is 10.7. The standard InChI is InChI=1S/C16H14Br2N2O2/c1-11-2-4-12(5-3-11)9-19-20-16(21)10-22-15-7-6-13(17)8-14(15)18/h2-9H,10H2,1H3,(H,20,21)/b19-9+. The van der Waals surface area contributed by atoms with Crippen LogP contribution in [-0.4, -0.2) is 18.7 Å². The summed E-state index contributed by atoms with van der Waals surface area (Å²) in [5.41, 5.74) is 4.52. The van der Waals surface area contributed by atoms with E-state index in [1.54, 1.807) is 12.3 Å². The summed E-state index contributed by atoms with van der Waals surface area (Å²) >= 11 is 6.72. The SMILES string of the molecule is Cc1ccc(/C=N/NC(=O)COc2ccc(Br)cc2Br)cc1. The molecule has 1 N–H and O–H groups in total. The topological polar surface area (TPSA) is 50.7 Å². The fourth-order valence-corrected chi connectivity index (χ4v) is 2.76. The van der Waals surface area contributed by atoms with Gasteiger partial charge in [-0.15, -0.1) is 0 Å². The molecule has 4 nitrogen and oxygen atoms in total. The zero-order valence-electron chi connectivity index (χ0n) is 11.8. The van der Waals surface area contributed by atoms with Crippen molar-refractivity contribution in [2.75, 3.05) is 6.61 Å². The Labute approximate surface area is 145 Å².